The number of benzene rings is 2. The van der Waals surface area contributed by atoms with E-state index in [-0.39, 0.29) is 11.9 Å². The number of carbonyl (C=O) groups excluding carboxylic acids is 1. The van der Waals surface area contributed by atoms with Crippen LogP contribution in [0.5, 0.6) is 0 Å². The van der Waals surface area contributed by atoms with Crippen molar-refractivity contribution in [2.45, 2.75) is 25.8 Å². The molecule has 0 aliphatic heterocycles. The van der Waals surface area contributed by atoms with Crippen LogP contribution in [-0.4, -0.2) is 11.9 Å². The Balaban J connectivity index is 1.93. The number of carbonyl (C=O) groups is 1. The molecule has 4 heteroatoms. The van der Waals surface area contributed by atoms with Crippen LogP contribution in [0.4, 0.5) is 0 Å². The Morgan fingerprint density at radius 3 is 2.29 bits per heavy atom. The fraction of sp³-hybridized carbons (Fsp3) is 0.235. The zero-order chi connectivity index (χ0) is 15.2. The molecule has 1 amide bonds. The first kappa shape index (κ1) is 15.9. The summed E-state index contributed by atoms with van der Waals surface area (Å²) in [7, 11) is 0. The van der Waals surface area contributed by atoms with E-state index >= 15 is 0 Å². The molecule has 0 radical (unpaired) electrons. The van der Waals surface area contributed by atoms with Crippen LogP contribution in [-0.2, 0) is 6.42 Å². The smallest absolute Gasteiger partial charge is 0.254 e. The molecule has 1 unspecified atom stereocenters. The number of halogens is 2. The number of nitrogens with one attached hydrogen (secondary N) is 1. The summed E-state index contributed by atoms with van der Waals surface area (Å²) in [5, 5.41) is 3.68. The Labute approximate surface area is 135 Å². The molecule has 1 N–H and O–H groups in total. The van der Waals surface area contributed by atoms with Crippen LogP contribution >= 0.6 is 23.2 Å². The highest BCUT2D eigenvalue weighted by atomic mass is 35.5. The molecule has 2 aromatic rings. The van der Waals surface area contributed by atoms with Crippen LogP contribution < -0.4 is 5.32 Å². The fourth-order valence-electron chi connectivity index (χ4n) is 2.11. The summed E-state index contributed by atoms with van der Waals surface area (Å²) >= 11 is 12.1. The second-order valence-electron chi connectivity index (χ2n) is 5.00. The van der Waals surface area contributed by atoms with Gasteiger partial charge in [-0.2, -0.15) is 0 Å². The lowest BCUT2D eigenvalue weighted by molar-refractivity contribution is 0.0939. The highest BCUT2D eigenvalue weighted by molar-refractivity contribution is 6.39. The molecule has 0 saturated carbocycles. The van der Waals surface area contributed by atoms with Crippen molar-refractivity contribution in [2.75, 3.05) is 0 Å². The summed E-state index contributed by atoms with van der Waals surface area (Å²) in [6, 6.07) is 15.3. The molecule has 21 heavy (non-hydrogen) atoms. The molecule has 110 valence electrons. The molecular weight excluding hydrogens is 305 g/mol. The van der Waals surface area contributed by atoms with E-state index < -0.39 is 0 Å². The minimum atomic E-state index is -0.230. The third-order valence-corrected chi connectivity index (χ3v) is 3.91. The van der Waals surface area contributed by atoms with Crippen LogP contribution in [0.3, 0.4) is 0 Å². The van der Waals surface area contributed by atoms with E-state index in [0.717, 1.165) is 12.8 Å². The van der Waals surface area contributed by atoms with Crippen LogP contribution in [0.1, 0.15) is 29.3 Å². The third-order valence-electron chi connectivity index (χ3n) is 3.28. The first-order valence-electron chi connectivity index (χ1n) is 6.86. The fourth-order valence-corrected chi connectivity index (χ4v) is 2.68. The molecule has 0 fully saturated rings. The number of amides is 1. The molecule has 0 aromatic heterocycles. The quantitative estimate of drug-likeness (QED) is 0.846. The van der Waals surface area contributed by atoms with Crippen molar-refractivity contribution in [3.05, 3.63) is 69.7 Å². The van der Waals surface area contributed by atoms with Gasteiger partial charge in [-0.25, -0.2) is 0 Å². The Bertz CT molecular complexity index is 593. The maximum absolute atomic E-state index is 12.2. The summed E-state index contributed by atoms with van der Waals surface area (Å²) in [4.78, 5) is 12.2. The molecule has 0 bridgehead atoms. The SMILES string of the molecule is CC(CCc1ccccc1)NC(=O)c1c(Cl)cccc1Cl. The largest absolute Gasteiger partial charge is 0.349 e. The van der Waals surface area contributed by atoms with Crippen molar-refractivity contribution in [1.29, 1.82) is 0 Å². The van der Waals surface area contributed by atoms with E-state index in [1.807, 2.05) is 25.1 Å². The van der Waals surface area contributed by atoms with Gasteiger partial charge in [0.15, 0.2) is 0 Å². The van der Waals surface area contributed by atoms with Crippen molar-refractivity contribution in [3.63, 3.8) is 0 Å². The van der Waals surface area contributed by atoms with Crippen molar-refractivity contribution in [2.24, 2.45) is 0 Å². The van der Waals surface area contributed by atoms with Gasteiger partial charge in [-0.1, -0.05) is 59.6 Å². The van der Waals surface area contributed by atoms with E-state index in [0.29, 0.717) is 15.6 Å². The maximum atomic E-state index is 12.2. The van der Waals surface area contributed by atoms with Crippen molar-refractivity contribution >= 4 is 29.1 Å². The van der Waals surface area contributed by atoms with Crippen molar-refractivity contribution in [1.82, 2.24) is 5.32 Å². The third kappa shape index (κ3) is 4.48. The van der Waals surface area contributed by atoms with Gasteiger partial charge in [0.05, 0.1) is 15.6 Å². The van der Waals surface area contributed by atoms with E-state index in [2.05, 4.69) is 17.4 Å². The lowest BCUT2D eigenvalue weighted by Gasteiger charge is -2.15. The topological polar surface area (TPSA) is 29.1 Å². The summed E-state index contributed by atoms with van der Waals surface area (Å²) in [5.41, 5.74) is 1.60. The molecular formula is C17H17Cl2NO. The highest BCUT2D eigenvalue weighted by Gasteiger charge is 2.16. The Morgan fingerprint density at radius 1 is 1.05 bits per heavy atom. The summed E-state index contributed by atoms with van der Waals surface area (Å²) in [5.74, 6) is -0.230. The Morgan fingerprint density at radius 2 is 1.67 bits per heavy atom. The molecule has 0 saturated heterocycles. The van der Waals surface area contributed by atoms with Gasteiger partial charge in [-0.05, 0) is 37.5 Å². The van der Waals surface area contributed by atoms with Crippen LogP contribution in [0.15, 0.2) is 48.5 Å². The normalized spacial score (nSPS) is 12.0. The van der Waals surface area contributed by atoms with Gasteiger partial charge in [-0.3, -0.25) is 4.79 Å². The zero-order valence-electron chi connectivity index (χ0n) is 11.8. The maximum Gasteiger partial charge on any atom is 0.254 e. The second kappa shape index (κ2) is 7.48. The molecule has 2 aromatic carbocycles. The Hall–Kier alpha value is -1.51. The highest BCUT2D eigenvalue weighted by Crippen LogP contribution is 2.24. The van der Waals surface area contributed by atoms with E-state index in [9.17, 15) is 4.79 Å². The first-order chi connectivity index (χ1) is 10.1. The van der Waals surface area contributed by atoms with E-state index in [1.165, 1.54) is 5.56 Å². The number of rotatable bonds is 5. The summed E-state index contributed by atoms with van der Waals surface area (Å²) in [6.45, 7) is 1.98. The van der Waals surface area contributed by atoms with Gasteiger partial charge >= 0.3 is 0 Å². The minimum Gasteiger partial charge on any atom is -0.349 e. The van der Waals surface area contributed by atoms with Crippen LogP contribution in [0.2, 0.25) is 10.0 Å². The molecule has 0 aliphatic carbocycles. The summed E-state index contributed by atoms with van der Waals surface area (Å²) in [6.07, 6.45) is 1.77. The summed E-state index contributed by atoms with van der Waals surface area (Å²) < 4.78 is 0. The molecule has 0 heterocycles. The zero-order valence-corrected chi connectivity index (χ0v) is 13.3. The van der Waals surface area contributed by atoms with Gasteiger partial charge in [0.1, 0.15) is 0 Å². The average molecular weight is 322 g/mol. The predicted molar refractivity (Wildman–Crippen MR) is 88.2 cm³/mol. The van der Waals surface area contributed by atoms with Gasteiger partial charge in [0.25, 0.3) is 5.91 Å². The van der Waals surface area contributed by atoms with Gasteiger partial charge in [0, 0.05) is 6.04 Å². The van der Waals surface area contributed by atoms with Crippen LogP contribution in [0, 0.1) is 0 Å². The van der Waals surface area contributed by atoms with Gasteiger partial charge in [0.2, 0.25) is 0 Å². The molecule has 0 spiro atoms. The lowest BCUT2D eigenvalue weighted by atomic mass is 10.1. The lowest BCUT2D eigenvalue weighted by Crippen LogP contribution is -2.33. The van der Waals surface area contributed by atoms with E-state index in [4.69, 9.17) is 23.2 Å². The number of hydrogen-bond donors (Lipinski definition) is 1. The Kier molecular flexibility index (Phi) is 5.66. The number of hydrogen-bond acceptors (Lipinski definition) is 1. The predicted octanol–water partition coefficient (Wildman–Crippen LogP) is 4.74. The average Bonchev–Trinajstić information content (AvgIpc) is 2.46. The van der Waals surface area contributed by atoms with Crippen molar-refractivity contribution in [3.8, 4) is 0 Å². The monoisotopic (exact) mass is 321 g/mol. The number of aryl methyl sites for hydroxylation is 1. The standard InChI is InChI=1S/C17H17Cl2NO/c1-12(10-11-13-6-3-2-4-7-13)20-17(21)16-14(18)8-5-9-15(16)19/h2-9,12H,10-11H2,1H3,(H,20,21). The molecule has 2 nitrogen and oxygen atoms in total. The van der Waals surface area contributed by atoms with Gasteiger partial charge in [-0.15, -0.1) is 0 Å². The first-order valence-corrected chi connectivity index (χ1v) is 7.62. The van der Waals surface area contributed by atoms with Crippen molar-refractivity contribution < 1.29 is 4.79 Å². The van der Waals surface area contributed by atoms with Crippen LogP contribution in [0.25, 0.3) is 0 Å². The molecule has 0 aliphatic rings. The van der Waals surface area contributed by atoms with E-state index in [1.54, 1.807) is 18.2 Å². The minimum absolute atomic E-state index is 0.0463. The molecule has 2 rings (SSSR count). The van der Waals surface area contributed by atoms with Gasteiger partial charge < -0.3 is 5.32 Å². The molecule has 1 atom stereocenters. The second-order valence-corrected chi connectivity index (χ2v) is 5.81.